The number of aromatic nitrogens is 1. The molecule has 0 amide bonds. The number of fused-ring (bicyclic) bond motifs is 4. The van der Waals surface area contributed by atoms with Gasteiger partial charge in [0, 0.05) is 22.0 Å². The second kappa shape index (κ2) is 16.8. The molecule has 0 radical (unpaired) electrons. The second-order valence-electron chi connectivity index (χ2n) is 16.8. The Balaban J connectivity index is 1.03. The molecule has 0 fully saturated rings. The van der Waals surface area contributed by atoms with Gasteiger partial charge in [-0.15, -0.1) is 0 Å². The molecule has 0 aliphatic carbocycles. The van der Waals surface area contributed by atoms with Crippen LogP contribution in [0.2, 0.25) is 0 Å². The summed E-state index contributed by atoms with van der Waals surface area (Å²) in [5.41, 5.74) is 18.5. The molecule has 66 heavy (non-hydrogen) atoms. The first-order chi connectivity index (χ1) is 32.8. The lowest BCUT2D eigenvalue weighted by Gasteiger charge is -2.31. The van der Waals surface area contributed by atoms with Crippen molar-refractivity contribution in [3.63, 3.8) is 0 Å². The maximum atomic E-state index is 2.46. The normalized spacial score (nSPS) is 11.3. The van der Waals surface area contributed by atoms with E-state index in [1.54, 1.807) is 0 Å². The highest BCUT2D eigenvalue weighted by atomic mass is 15.2. The monoisotopic (exact) mass is 840 g/mol. The summed E-state index contributed by atoms with van der Waals surface area (Å²) in [6.07, 6.45) is 0. The number of rotatable bonds is 9. The molecule has 0 aliphatic heterocycles. The number of para-hydroxylation sites is 5. The van der Waals surface area contributed by atoms with Crippen LogP contribution in [-0.4, -0.2) is 4.57 Å². The Morgan fingerprint density at radius 1 is 0.242 bits per heavy atom. The number of hydrogen-bond acceptors (Lipinski definition) is 1. The van der Waals surface area contributed by atoms with Gasteiger partial charge in [0.1, 0.15) is 0 Å². The zero-order chi connectivity index (χ0) is 43.8. The van der Waals surface area contributed by atoms with Gasteiger partial charge in [0.25, 0.3) is 0 Å². The van der Waals surface area contributed by atoms with Gasteiger partial charge in [-0.25, -0.2) is 0 Å². The van der Waals surface area contributed by atoms with Gasteiger partial charge < -0.3 is 9.47 Å². The van der Waals surface area contributed by atoms with Gasteiger partial charge in [-0.1, -0.05) is 224 Å². The highest BCUT2D eigenvalue weighted by Gasteiger charge is 2.24. The van der Waals surface area contributed by atoms with Gasteiger partial charge in [0.05, 0.1) is 28.1 Å². The van der Waals surface area contributed by atoms with Gasteiger partial charge in [-0.05, 0) is 103 Å². The summed E-state index contributed by atoms with van der Waals surface area (Å²) in [5, 5.41) is 4.98. The SMILES string of the molecule is c1ccc(-c2ccccc2-c2ccccc2-c2ccccc2N(c2ccc(-c3ccc(-c4cccc5ccccc45)cc3)cc2)c2ccccc2-n2c3ccccc3c3ccccc32)cc1. The summed E-state index contributed by atoms with van der Waals surface area (Å²) in [7, 11) is 0. The Bertz CT molecular complexity index is 3630. The molecule has 12 rings (SSSR count). The van der Waals surface area contributed by atoms with Crippen molar-refractivity contribution in [1.29, 1.82) is 0 Å². The summed E-state index contributed by atoms with van der Waals surface area (Å²) in [6, 6.07) is 96.9. The molecule has 1 heterocycles. The molecule has 0 bridgehead atoms. The van der Waals surface area contributed by atoms with Gasteiger partial charge >= 0.3 is 0 Å². The topological polar surface area (TPSA) is 8.17 Å². The smallest absolute Gasteiger partial charge is 0.0702 e. The van der Waals surface area contributed by atoms with Gasteiger partial charge in [0.15, 0.2) is 0 Å². The van der Waals surface area contributed by atoms with E-state index in [4.69, 9.17) is 0 Å². The van der Waals surface area contributed by atoms with Crippen LogP contribution in [0.3, 0.4) is 0 Å². The molecule has 0 spiro atoms. The summed E-state index contributed by atoms with van der Waals surface area (Å²) < 4.78 is 2.44. The van der Waals surface area contributed by atoms with E-state index in [2.05, 4.69) is 276 Å². The molecule has 0 aliphatic rings. The number of anilines is 3. The Hall–Kier alpha value is -8.72. The quantitative estimate of drug-likeness (QED) is 0.141. The van der Waals surface area contributed by atoms with Gasteiger partial charge in [-0.2, -0.15) is 0 Å². The molecule has 0 N–H and O–H groups in total. The van der Waals surface area contributed by atoms with Gasteiger partial charge in [-0.3, -0.25) is 0 Å². The molecule has 12 aromatic rings. The minimum absolute atomic E-state index is 1.06. The molecule has 0 unspecified atom stereocenters. The summed E-state index contributed by atoms with van der Waals surface area (Å²) >= 11 is 0. The van der Waals surface area contributed by atoms with E-state index in [0.29, 0.717) is 0 Å². The largest absolute Gasteiger partial charge is 0.308 e. The summed E-state index contributed by atoms with van der Waals surface area (Å²) in [5.74, 6) is 0. The van der Waals surface area contributed by atoms with Crippen molar-refractivity contribution in [2.24, 2.45) is 0 Å². The molecule has 11 aromatic carbocycles. The first-order valence-corrected chi connectivity index (χ1v) is 22.7. The van der Waals surface area contributed by atoms with Gasteiger partial charge in [0.2, 0.25) is 0 Å². The fraction of sp³-hybridized carbons (Fsp3) is 0. The molecule has 2 nitrogen and oxygen atoms in total. The standard InChI is InChI=1S/C64H44N2/c1-2-19-47(20-3-1)53-24-6-7-25-54(53)55-26-8-9-27-56(55)57-28-10-13-32-60(57)65(63-35-16-17-36-64(63)66-61-33-14-11-29-58(61)59-30-12-15-34-62(59)66)50-43-41-46(42-44-50)45-37-39-49(40-38-45)52-31-18-22-48-21-4-5-23-51(48)52/h1-44H. The predicted molar refractivity (Wildman–Crippen MR) is 280 cm³/mol. The van der Waals surface area contributed by atoms with E-state index in [1.165, 1.54) is 77.1 Å². The molecular formula is C64H44N2. The van der Waals surface area contributed by atoms with E-state index in [1.807, 2.05) is 0 Å². The van der Waals surface area contributed by atoms with Crippen LogP contribution in [0.25, 0.3) is 93.9 Å². The van der Waals surface area contributed by atoms with Crippen LogP contribution in [0, 0.1) is 0 Å². The Kier molecular flexibility index (Phi) is 9.89. The lowest BCUT2D eigenvalue weighted by Crippen LogP contribution is -2.14. The van der Waals surface area contributed by atoms with E-state index >= 15 is 0 Å². The first-order valence-electron chi connectivity index (χ1n) is 22.7. The van der Waals surface area contributed by atoms with E-state index < -0.39 is 0 Å². The van der Waals surface area contributed by atoms with Crippen LogP contribution >= 0.6 is 0 Å². The van der Waals surface area contributed by atoms with Crippen molar-refractivity contribution in [3.8, 4) is 61.3 Å². The van der Waals surface area contributed by atoms with Crippen molar-refractivity contribution in [1.82, 2.24) is 4.57 Å². The van der Waals surface area contributed by atoms with Crippen molar-refractivity contribution >= 4 is 49.6 Å². The Labute approximate surface area is 385 Å². The zero-order valence-corrected chi connectivity index (χ0v) is 36.3. The number of benzene rings is 11. The van der Waals surface area contributed by atoms with Crippen LogP contribution in [0.15, 0.2) is 267 Å². The highest BCUT2D eigenvalue weighted by molar-refractivity contribution is 6.10. The minimum Gasteiger partial charge on any atom is -0.308 e. The van der Waals surface area contributed by atoms with E-state index in [-0.39, 0.29) is 0 Å². The predicted octanol–water partition coefficient (Wildman–Crippen LogP) is 17.7. The van der Waals surface area contributed by atoms with Crippen LogP contribution in [0.1, 0.15) is 0 Å². The second-order valence-corrected chi connectivity index (χ2v) is 16.8. The van der Waals surface area contributed by atoms with E-state index in [9.17, 15) is 0 Å². The molecule has 2 heteroatoms. The van der Waals surface area contributed by atoms with Crippen LogP contribution < -0.4 is 4.90 Å². The van der Waals surface area contributed by atoms with Crippen molar-refractivity contribution < 1.29 is 0 Å². The lowest BCUT2D eigenvalue weighted by molar-refractivity contribution is 1.15. The zero-order valence-electron chi connectivity index (χ0n) is 36.3. The average molecular weight is 841 g/mol. The molecule has 0 saturated carbocycles. The fourth-order valence-corrected chi connectivity index (χ4v) is 9.99. The number of hydrogen-bond donors (Lipinski definition) is 0. The average Bonchev–Trinajstić information content (AvgIpc) is 3.74. The fourth-order valence-electron chi connectivity index (χ4n) is 9.99. The maximum absolute atomic E-state index is 2.46. The van der Waals surface area contributed by atoms with Crippen molar-refractivity contribution in [2.75, 3.05) is 4.90 Å². The third-order valence-electron chi connectivity index (χ3n) is 13.1. The van der Waals surface area contributed by atoms with Crippen LogP contribution in [0.5, 0.6) is 0 Å². The summed E-state index contributed by atoms with van der Waals surface area (Å²) in [6.45, 7) is 0. The first kappa shape index (κ1) is 38.9. The molecule has 310 valence electrons. The lowest BCUT2D eigenvalue weighted by atomic mass is 9.88. The van der Waals surface area contributed by atoms with Crippen molar-refractivity contribution in [3.05, 3.63) is 267 Å². The molecule has 0 saturated heterocycles. The minimum atomic E-state index is 1.06. The molecule has 0 atom stereocenters. The molecule has 1 aromatic heterocycles. The van der Waals surface area contributed by atoms with Crippen LogP contribution in [0.4, 0.5) is 17.1 Å². The maximum Gasteiger partial charge on any atom is 0.0702 e. The van der Waals surface area contributed by atoms with Crippen molar-refractivity contribution in [2.45, 2.75) is 0 Å². The highest BCUT2D eigenvalue weighted by Crippen LogP contribution is 2.47. The summed E-state index contributed by atoms with van der Waals surface area (Å²) in [4.78, 5) is 2.46. The number of nitrogens with zero attached hydrogens (tertiary/aromatic N) is 2. The Morgan fingerprint density at radius 2 is 0.667 bits per heavy atom. The third kappa shape index (κ3) is 6.84. The third-order valence-corrected chi connectivity index (χ3v) is 13.1. The van der Waals surface area contributed by atoms with Crippen LogP contribution in [-0.2, 0) is 0 Å². The molecular weight excluding hydrogens is 797 g/mol. The Morgan fingerprint density at radius 3 is 1.35 bits per heavy atom. The van der Waals surface area contributed by atoms with E-state index in [0.717, 1.165) is 33.9 Å².